The first-order chi connectivity index (χ1) is 11.5. The minimum absolute atomic E-state index is 0.106. The molecule has 0 amide bonds. The molecule has 3 saturated carbocycles. The van der Waals surface area contributed by atoms with Crippen LogP contribution in [0.25, 0.3) is 0 Å². The molecule has 4 aliphatic rings. The maximum absolute atomic E-state index is 12.7. The van der Waals surface area contributed by atoms with E-state index in [0.29, 0.717) is 37.0 Å². The van der Waals surface area contributed by atoms with Gasteiger partial charge in [0.2, 0.25) is 0 Å². The van der Waals surface area contributed by atoms with Gasteiger partial charge in [-0.25, -0.2) is 0 Å². The van der Waals surface area contributed by atoms with Crippen LogP contribution >= 0.6 is 0 Å². The molecule has 0 aliphatic heterocycles. The zero-order valence-corrected chi connectivity index (χ0v) is 14.4. The van der Waals surface area contributed by atoms with Crippen LogP contribution in [0, 0.1) is 41.4 Å². The van der Waals surface area contributed by atoms with Crippen molar-refractivity contribution in [2.24, 2.45) is 29.1 Å². The summed E-state index contributed by atoms with van der Waals surface area (Å²) in [6.07, 6.45) is 13.7. The van der Waals surface area contributed by atoms with Crippen LogP contribution in [0.15, 0.2) is 11.6 Å². The standard InChI is InChI=1S/C21H26O3/c1-3-20-9-7-15-14-6-5-13(22)11-17(14)19(23)12-16(15)18(20)8-10-21(20,24)4-2/h2,11,14-16,18,24H,3,5-10,12H2,1H3/t14-,15+,16-,18-,20+,21?/m1/s1. The van der Waals surface area contributed by atoms with E-state index in [1.165, 1.54) is 0 Å². The van der Waals surface area contributed by atoms with Crippen LogP contribution in [-0.4, -0.2) is 22.3 Å². The largest absolute Gasteiger partial charge is 0.377 e. The molecule has 24 heavy (non-hydrogen) atoms. The molecule has 0 bridgehead atoms. The van der Waals surface area contributed by atoms with Crippen molar-refractivity contribution in [1.82, 2.24) is 0 Å². The topological polar surface area (TPSA) is 54.4 Å². The van der Waals surface area contributed by atoms with E-state index in [1.54, 1.807) is 6.08 Å². The molecule has 0 aromatic carbocycles. The van der Waals surface area contributed by atoms with E-state index in [9.17, 15) is 14.7 Å². The Kier molecular flexibility index (Phi) is 3.55. The number of rotatable bonds is 1. The molecule has 1 N–H and O–H groups in total. The van der Waals surface area contributed by atoms with Gasteiger partial charge in [0.05, 0.1) is 0 Å². The van der Waals surface area contributed by atoms with Gasteiger partial charge in [0, 0.05) is 23.8 Å². The van der Waals surface area contributed by atoms with Crippen LogP contribution < -0.4 is 0 Å². The summed E-state index contributed by atoms with van der Waals surface area (Å²) in [5, 5.41) is 11.1. The number of carbonyl (C=O) groups excluding carboxylic acids is 2. The second kappa shape index (κ2) is 5.30. The first-order valence-electron chi connectivity index (χ1n) is 9.43. The average Bonchev–Trinajstić information content (AvgIpc) is 2.89. The monoisotopic (exact) mass is 326 g/mol. The van der Waals surface area contributed by atoms with Crippen LogP contribution in [0.5, 0.6) is 0 Å². The minimum atomic E-state index is -1.01. The number of ketones is 2. The maximum Gasteiger partial charge on any atom is 0.159 e. The average molecular weight is 326 g/mol. The summed E-state index contributed by atoms with van der Waals surface area (Å²) in [4.78, 5) is 24.5. The summed E-state index contributed by atoms with van der Waals surface area (Å²) in [7, 11) is 0. The van der Waals surface area contributed by atoms with Crippen LogP contribution in [0.4, 0.5) is 0 Å². The molecule has 0 heterocycles. The van der Waals surface area contributed by atoms with Crippen LogP contribution in [0.1, 0.15) is 58.3 Å². The molecule has 3 heteroatoms. The molecule has 1 unspecified atom stereocenters. The van der Waals surface area contributed by atoms with Gasteiger partial charge in [0.15, 0.2) is 11.6 Å². The fraction of sp³-hybridized carbons (Fsp3) is 0.714. The molecular weight excluding hydrogens is 300 g/mol. The number of hydrogen-bond donors (Lipinski definition) is 1. The first kappa shape index (κ1) is 16.1. The predicted molar refractivity (Wildman–Crippen MR) is 90.9 cm³/mol. The molecule has 6 atom stereocenters. The van der Waals surface area contributed by atoms with E-state index in [2.05, 4.69) is 12.8 Å². The number of terminal acetylenes is 1. The summed E-state index contributed by atoms with van der Waals surface area (Å²) in [5.74, 6) is 4.38. The molecular formula is C21H26O3. The lowest BCUT2D eigenvalue weighted by atomic mass is 9.49. The van der Waals surface area contributed by atoms with Crippen molar-refractivity contribution in [3.8, 4) is 12.3 Å². The van der Waals surface area contributed by atoms with Gasteiger partial charge in [-0.05, 0) is 68.3 Å². The van der Waals surface area contributed by atoms with Crippen molar-refractivity contribution < 1.29 is 14.7 Å². The van der Waals surface area contributed by atoms with Crippen LogP contribution in [0.2, 0.25) is 0 Å². The lowest BCUT2D eigenvalue weighted by Gasteiger charge is -2.55. The van der Waals surface area contributed by atoms with Gasteiger partial charge in [-0.15, -0.1) is 6.42 Å². The molecule has 0 spiro atoms. The van der Waals surface area contributed by atoms with Crippen molar-refractivity contribution in [2.75, 3.05) is 0 Å². The predicted octanol–water partition coefficient (Wildman–Crippen LogP) is 3.06. The summed E-state index contributed by atoms with van der Waals surface area (Å²) in [6.45, 7) is 2.14. The third-order valence-electron chi connectivity index (χ3n) is 7.89. The summed E-state index contributed by atoms with van der Waals surface area (Å²) in [5.41, 5.74) is -0.449. The Hall–Kier alpha value is -1.40. The minimum Gasteiger partial charge on any atom is -0.377 e. The van der Waals surface area contributed by atoms with E-state index in [-0.39, 0.29) is 22.9 Å². The maximum atomic E-state index is 12.7. The Morgan fingerprint density at radius 2 is 2.04 bits per heavy atom. The highest BCUT2D eigenvalue weighted by Crippen LogP contribution is 2.65. The van der Waals surface area contributed by atoms with E-state index in [0.717, 1.165) is 37.7 Å². The van der Waals surface area contributed by atoms with Crippen molar-refractivity contribution in [3.63, 3.8) is 0 Å². The van der Waals surface area contributed by atoms with Crippen LogP contribution in [-0.2, 0) is 9.59 Å². The number of fused-ring (bicyclic) bond motifs is 5. The van der Waals surface area contributed by atoms with Crippen molar-refractivity contribution in [1.29, 1.82) is 0 Å². The molecule has 3 fully saturated rings. The number of carbonyl (C=O) groups is 2. The lowest BCUT2D eigenvalue weighted by molar-refractivity contribution is -0.132. The molecule has 0 aromatic heterocycles. The summed E-state index contributed by atoms with van der Waals surface area (Å²) < 4.78 is 0. The van der Waals surface area contributed by atoms with Gasteiger partial charge < -0.3 is 5.11 Å². The van der Waals surface area contributed by atoms with Gasteiger partial charge >= 0.3 is 0 Å². The van der Waals surface area contributed by atoms with E-state index in [4.69, 9.17) is 6.42 Å². The highest BCUT2D eigenvalue weighted by Gasteiger charge is 2.64. The first-order valence-corrected chi connectivity index (χ1v) is 9.43. The van der Waals surface area contributed by atoms with E-state index < -0.39 is 5.60 Å². The SMILES string of the molecule is C#CC1(O)CC[C@@H]2[C@@H]3CC(=O)C4=CC(=O)CC[C@@H]4[C@@H]3CC[C@@]21CC. The lowest BCUT2D eigenvalue weighted by Crippen LogP contribution is -2.54. The van der Waals surface area contributed by atoms with Crippen LogP contribution in [0.3, 0.4) is 0 Å². The Morgan fingerprint density at radius 3 is 2.75 bits per heavy atom. The third-order valence-corrected chi connectivity index (χ3v) is 7.89. The van der Waals surface area contributed by atoms with Crippen molar-refractivity contribution in [3.05, 3.63) is 11.6 Å². The van der Waals surface area contributed by atoms with E-state index in [1.807, 2.05) is 0 Å². The number of hydrogen-bond acceptors (Lipinski definition) is 3. The Morgan fingerprint density at radius 1 is 1.25 bits per heavy atom. The van der Waals surface area contributed by atoms with Crippen molar-refractivity contribution in [2.45, 2.75) is 63.9 Å². The molecule has 128 valence electrons. The molecule has 4 rings (SSSR count). The Labute approximate surface area is 143 Å². The normalized spacial score (nSPS) is 47.3. The van der Waals surface area contributed by atoms with Gasteiger partial charge in [-0.1, -0.05) is 12.8 Å². The molecule has 3 nitrogen and oxygen atoms in total. The number of aliphatic hydroxyl groups is 1. The fourth-order valence-corrected chi connectivity index (χ4v) is 6.76. The van der Waals surface area contributed by atoms with Gasteiger partial charge in [-0.3, -0.25) is 9.59 Å². The second-order valence-electron chi connectivity index (χ2n) is 8.36. The van der Waals surface area contributed by atoms with E-state index >= 15 is 0 Å². The Balaban J connectivity index is 1.72. The second-order valence-corrected chi connectivity index (χ2v) is 8.36. The quantitative estimate of drug-likeness (QED) is 0.754. The molecule has 0 saturated heterocycles. The Bertz CT molecular complexity index is 669. The zero-order chi connectivity index (χ0) is 17.1. The highest BCUT2D eigenvalue weighted by molar-refractivity contribution is 6.05. The summed E-state index contributed by atoms with van der Waals surface area (Å²) >= 11 is 0. The number of Topliss-reactive ketones (excluding diaryl/α,β-unsaturated/α-hetero) is 1. The fourth-order valence-electron chi connectivity index (χ4n) is 6.76. The van der Waals surface area contributed by atoms with Gasteiger partial charge in [0.1, 0.15) is 5.60 Å². The number of allylic oxidation sites excluding steroid dienone is 1. The molecule has 4 aliphatic carbocycles. The van der Waals surface area contributed by atoms with Gasteiger partial charge in [-0.2, -0.15) is 0 Å². The van der Waals surface area contributed by atoms with Gasteiger partial charge in [0.25, 0.3) is 0 Å². The smallest absolute Gasteiger partial charge is 0.159 e. The highest BCUT2D eigenvalue weighted by atomic mass is 16.3. The molecule has 0 aromatic rings. The summed E-state index contributed by atoms with van der Waals surface area (Å²) in [6, 6.07) is 0. The molecule has 0 radical (unpaired) electrons. The zero-order valence-electron chi connectivity index (χ0n) is 14.4. The van der Waals surface area contributed by atoms with Crippen molar-refractivity contribution >= 4 is 11.6 Å². The third kappa shape index (κ3) is 1.90.